The van der Waals surface area contributed by atoms with Crippen LogP contribution >= 0.6 is 0 Å². The maximum atomic E-state index is 14.9. The number of aryl methyl sites for hydroxylation is 1. The van der Waals surface area contributed by atoms with Gasteiger partial charge in [-0.2, -0.15) is 0 Å². The molecule has 2 aromatic rings. The fraction of sp³-hybridized carbons (Fsp3) is 0.500. The van der Waals surface area contributed by atoms with Crippen LogP contribution in [0.1, 0.15) is 59.2 Å². The van der Waals surface area contributed by atoms with E-state index in [1.165, 1.54) is 11.0 Å². The number of hydrogen-bond donors (Lipinski definition) is 0. The van der Waals surface area contributed by atoms with E-state index in [2.05, 4.69) is 9.97 Å². The van der Waals surface area contributed by atoms with Gasteiger partial charge < -0.3 is 14.5 Å². The van der Waals surface area contributed by atoms with Crippen LogP contribution in [0.5, 0.6) is 0 Å². The van der Waals surface area contributed by atoms with Gasteiger partial charge in [-0.15, -0.1) is 0 Å². The molecule has 0 radical (unpaired) electrons. The Hall–Kier alpha value is -2.87. The van der Waals surface area contributed by atoms with Gasteiger partial charge in [0.25, 0.3) is 5.91 Å². The first-order chi connectivity index (χ1) is 15.3. The highest BCUT2D eigenvalue weighted by atomic mass is 19.1. The van der Waals surface area contributed by atoms with Crippen LogP contribution in [0, 0.1) is 12.7 Å². The van der Waals surface area contributed by atoms with Crippen molar-refractivity contribution in [3.05, 3.63) is 58.9 Å². The van der Waals surface area contributed by atoms with Crippen molar-refractivity contribution in [1.29, 1.82) is 0 Å². The number of likely N-dealkylation sites (tertiary alicyclic amines) is 1. The van der Waals surface area contributed by atoms with E-state index >= 15 is 0 Å². The van der Waals surface area contributed by atoms with E-state index in [9.17, 15) is 14.0 Å². The molecule has 2 saturated heterocycles. The van der Waals surface area contributed by atoms with Crippen molar-refractivity contribution < 1.29 is 18.7 Å². The molecule has 2 aliphatic heterocycles. The number of aromatic nitrogens is 2. The smallest absolute Gasteiger partial charge is 0.256 e. The van der Waals surface area contributed by atoms with Crippen LogP contribution < -0.4 is 0 Å². The topological polar surface area (TPSA) is 75.6 Å². The molecule has 2 amide bonds. The van der Waals surface area contributed by atoms with E-state index < -0.39 is 5.41 Å². The third-order valence-corrected chi connectivity index (χ3v) is 6.59. The third-order valence-electron chi connectivity index (χ3n) is 6.59. The molecule has 1 aromatic heterocycles. The summed E-state index contributed by atoms with van der Waals surface area (Å²) in [6.45, 7) is 3.18. The summed E-state index contributed by atoms with van der Waals surface area (Å²) >= 11 is 0. The minimum absolute atomic E-state index is 0.0944. The SMILES string of the molecule is Cc1nc(C2CCCN2C(=O)C2(c3ccccc3F)CCOCC2)ncc1C(=O)N(C)C. The van der Waals surface area contributed by atoms with Crippen molar-refractivity contribution in [2.24, 2.45) is 0 Å². The van der Waals surface area contributed by atoms with Gasteiger partial charge in [0.05, 0.1) is 22.7 Å². The minimum atomic E-state index is -0.956. The van der Waals surface area contributed by atoms with Crippen molar-refractivity contribution in [2.45, 2.75) is 44.1 Å². The van der Waals surface area contributed by atoms with Crippen molar-refractivity contribution in [1.82, 2.24) is 19.8 Å². The second-order valence-corrected chi connectivity index (χ2v) is 8.76. The zero-order valence-electron chi connectivity index (χ0n) is 18.8. The van der Waals surface area contributed by atoms with Gasteiger partial charge in [-0.1, -0.05) is 18.2 Å². The van der Waals surface area contributed by atoms with Crippen LogP contribution in [0.15, 0.2) is 30.5 Å². The highest BCUT2D eigenvalue weighted by Gasteiger charge is 2.48. The molecular formula is C24H29FN4O3. The van der Waals surface area contributed by atoms with E-state index in [1.807, 2.05) is 0 Å². The Morgan fingerprint density at radius 1 is 1.22 bits per heavy atom. The molecule has 1 aromatic carbocycles. The molecule has 0 bridgehead atoms. The largest absolute Gasteiger partial charge is 0.381 e. The summed E-state index contributed by atoms with van der Waals surface area (Å²) in [7, 11) is 3.37. The molecule has 0 saturated carbocycles. The number of carbonyl (C=O) groups excluding carboxylic acids is 2. The number of amides is 2. The Kier molecular flexibility index (Phi) is 6.24. The Labute approximate surface area is 187 Å². The van der Waals surface area contributed by atoms with E-state index in [1.54, 1.807) is 50.3 Å². The van der Waals surface area contributed by atoms with E-state index in [0.717, 1.165) is 12.8 Å². The van der Waals surface area contributed by atoms with E-state index in [4.69, 9.17) is 4.74 Å². The van der Waals surface area contributed by atoms with Crippen LogP contribution in [-0.2, 0) is 14.9 Å². The van der Waals surface area contributed by atoms with Gasteiger partial charge in [0.15, 0.2) is 5.82 Å². The zero-order chi connectivity index (χ0) is 22.9. The molecular weight excluding hydrogens is 411 g/mol. The lowest BCUT2D eigenvalue weighted by Crippen LogP contribution is -2.50. The van der Waals surface area contributed by atoms with Crippen LogP contribution in [0.2, 0.25) is 0 Å². The summed E-state index contributed by atoms with van der Waals surface area (Å²) < 4.78 is 20.4. The van der Waals surface area contributed by atoms with Gasteiger partial charge >= 0.3 is 0 Å². The summed E-state index contributed by atoms with van der Waals surface area (Å²) in [5.41, 5.74) is 0.509. The maximum absolute atomic E-state index is 14.9. The zero-order valence-corrected chi connectivity index (χ0v) is 18.8. The average Bonchev–Trinajstić information content (AvgIpc) is 3.28. The Morgan fingerprint density at radius 2 is 1.94 bits per heavy atom. The van der Waals surface area contributed by atoms with Gasteiger partial charge in [0.1, 0.15) is 5.82 Å². The molecule has 4 rings (SSSR count). The first-order valence-electron chi connectivity index (χ1n) is 11.0. The lowest BCUT2D eigenvalue weighted by molar-refractivity contribution is -0.142. The molecule has 8 heteroatoms. The first-order valence-corrected chi connectivity index (χ1v) is 11.0. The maximum Gasteiger partial charge on any atom is 0.256 e. The number of halogens is 1. The predicted octanol–water partition coefficient (Wildman–Crippen LogP) is 3.04. The summed E-state index contributed by atoms with van der Waals surface area (Å²) in [5.74, 6) is -0.0891. The molecule has 0 spiro atoms. The average molecular weight is 441 g/mol. The Morgan fingerprint density at radius 3 is 2.59 bits per heavy atom. The van der Waals surface area contributed by atoms with E-state index in [0.29, 0.717) is 55.2 Å². The first kappa shape index (κ1) is 22.3. The van der Waals surface area contributed by atoms with Gasteiger partial charge in [0, 0.05) is 45.6 Å². The number of carbonyl (C=O) groups is 2. The normalized spacial score (nSPS) is 20.2. The fourth-order valence-electron chi connectivity index (χ4n) is 4.82. The number of ether oxygens (including phenoxy) is 1. The third kappa shape index (κ3) is 3.88. The van der Waals surface area contributed by atoms with Gasteiger partial charge in [-0.05, 0) is 38.7 Å². The standard InChI is InChI=1S/C24H29FN4O3/c1-16-17(22(30)28(2)3)15-26-21(27-16)20-9-6-12-29(20)23(31)24(10-13-32-14-11-24)18-7-4-5-8-19(18)25/h4-5,7-8,15,20H,6,9-14H2,1-3H3. The lowest BCUT2D eigenvalue weighted by atomic mass is 9.72. The molecule has 170 valence electrons. The molecule has 32 heavy (non-hydrogen) atoms. The molecule has 1 atom stereocenters. The van der Waals surface area contributed by atoms with Crippen molar-refractivity contribution >= 4 is 11.8 Å². The van der Waals surface area contributed by atoms with Crippen LogP contribution in [0.25, 0.3) is 0 Å². The van der Waals surface area contributed by atoms with Crippen LogP contribution in [0.4, 0.5) is 4.39 Å². The summed E-state index contributed by atoms with van der Waals surface area (Å²) in [4.78, 5) is 38.7. The quantitative estimate of drug-likeness (QED) is 0.731. The second kappa shape index (κ2) is 8.94. The number of nitrogens with zero attached hydrogens (tertiary/aromatic N) is 4. The summed E-state index contributed by atoms with van der Waals surface area (Å²) in [6.07, 6.45) is 3.97. The number of hydrogen-bond acceptors (Lipinski definition) is 5. The minimum Gasteiger partial charge on any atom is -0.381 e. The Bertz CT molecular complexity index is 1020. The lowest BCUT2D eigenvalue weighted by Gasteiger charge is -2.40. The molecule has 2 fully saturated rings. The summed E-state index contributed by atoms with van der Waals surface area (Å²) in [5, 5.41) is 0. The molecule has 7 nitrogen and oxygen atoms in total. The monoisotopic (exact) mass is 440 g/mol. The number of rotatable bonds is 4. The molecule has 0 aliphatic carbocycles. The Balaban J connectivity index is 1.68. The van der Waals surface area contributed by atoms with Gasteiger partial charge in [-0.3, -0.25) is 9.59 Å². The van der Waals surface area contributed by atoms with E-state index in [-0.39, 0.29) is 23.7 Å². The second-order valence-electron chi connectivity index (χ2n) is 8.76. The van der Waals surface area contributed by atoms with Crippen molar-refractivity contribution in [3.8, 4) is 0 Å². The fourth-order valence-corrected chi connectivity index (χ4v) is 4.82. The molecule has 2 aliphatic rings. The van der Waals surface area contributed by atoms with Crippen molar-refractivity contribution in [3.63, 3.8) is 0 Å². The highest BCUT2D eigenvalue weighted by Crippen LogP contribution is 2.42. The molecule has 0 N–H and O–H groups in total. The van der Waals surface area contributed by atoms with Gasteiger partial charge in [0.2, 0.25) is 5.91 Å². The van der Waals surface area contributed by atoms with Crippen molar-refractivity contribution in [2.75, 3.05) is 33.9 Å². The predicted molar refractivity (Wildman–Crippen MR) is 117 cm³/mol. The van der Waals surface area contributed by atoms with Crippen LogP contribution in [-0.4, -0.2) is 65.4 Å². The van der Waals surface area contributed by atoms with Crippen LogP contribution in [0.3, 0.4) is 0 Å². The molecule has 3 heterocycles. The summed E-state index contributed by atoms with van der Waals surface area (Å²) in [6, 6.07) is 6.25. The highest BCUT2D eigenvalue weighted by molar-refractivity contribution is 5.94. The molecule has 1 unspecified atom stereocenters. The van der Waals surface area contributed by atoms with Gasteiger partial charge in [-0.25, -0.2) is 14.4 Å². The number of benzene rings is 1.